The van der Waals surface area contributed by atoms with Crippen molar-refractivity contribution in [2.75, 3.05) is 12.3 Å². The molecular formula is C36H40BF4P2Rh+. The molecule has 4 aromatic rings. The Hall–Kier alpha value is -2.37. The molecule has 0 unspecified atom stereocenters. The standard InChI is InChI=1S/C28H28P2.C8H12.BF4.Rh/c1-5-15-25(16-6-1)29(26-17-7-2-8-18-26)23-13-14-24-30(27-19-9-3-10-20-27)28-21-11-4-12-22-28;1-2-4-6-8-7-5-3-1;2-1(3,4)5;/h1-12,15-22H,13-14,23-24H2;1-2,7-8H,3-6H2;;/q;;-1;+2/b;2-1-,8-7-;;. The van der Waals surface area contributed by atoms with Crippen LogP contribution in [0, 0.1) is 0 Å². The zero-order valence-corrected chi connectivity index (χ0v) is 28.3. The van der Waals surface area contributed by atoms with Crippen LogP contribution in [-0.4, -0.2) is 19.6 Å². The summed E-state index contributed by atoms with van der Waals surface area (Å²) in [7, 11) is -6.57. The van der Waals surface area contributed by atoms with E-state index >= 15 is 0 Å². The van der Waals surface area contributed by atoms with Gasteiger partial charge in [0.25, 0.3) is 0 Å². The fourth-order valence-corrected chi connectivity index (χ4v) is 9.48. The van der Waals surface area contributed by atoms with Gasteiger partial charge in [0.1, 0.15) is 0 Å². The van der Waals surface area contributed by atoms with Gasteiger partial charge in [-0.2, -0.15) is 0 Å². The SMILES string of the molecule is C1=C\CC/C=C\CC/1.F[B-](F)(F)F.[Rh+2].c1ccc(P(CCCCP(c2ccccc2)c2ccccc2)c2ccccc2)cc1. The minimum atomic E-state index is -6.00. The third kappa shape index (κ3) is 16.1. The van der Waals surface area contributed by atoms with Crippen molar-refractivity contribution in [3.05, 3.63) is 146 Å². The van der Waals surface area contributed by atoms with E-state index < -0.39 is 7.25 Å². The van der Waals surface area contributed by atoms with Crippen LogP contribution in [0.4, 0.5) is 17.3 Å². The fourth-order valence-electron chi connectivity index (χ4n) is 4.64. The molecular weight excluding hydrogens is 684 g/mol. The largest absolute Gasteiger partial charge is 2.00 e. The Morgan fingerprint density at radius 2 is 0.614 bits per heavy atom. The van der Waals surface area contributed by atoms with E-state index in [4.69, 9.17) is 0 Å². The monoisotopic (exact) mass is 724 g/mol. The van der Waals surface area contributed by atoms with Crippen LogP contribution in [0.5, 0.6) is 0 Å². The van der Waals surface area contributed by atoms with Gasteiger partial charge in [0.05, 0.1) is 0 Å². The van der Waals surface area contributed by atoms with Crippen LogP contribution in [0.2, 0.25) is 0 Å². The van der Waals surface area contributed by atoms with Crippen LogP contribution < -0.4 is 21.2 Å². The molecule has 0 bridgehead atoms. The Labute approximate surface area is 276 Å². The molecule has 233 valence electrons. The number of rotatable bonds is 9. The Morgan fingerprint density at radius 3 is 0.818 bits per heavy atom. The number of hydrogen-bond acceptors (Lipinski definition) is 0. The van der Waals surface area contributed by atoms with E-state index in [-0.39, 0.29) is 35.3 Å². The van der Waals surface area contributed by atoms with Crippen molar-refractivity contribution < 1.29 is 36.7 Å². The number of benzene rings is 4. The Bertz CT molecular complexity index is 1130. The predicted octanol–water partition coefficient (Wildman–Crippen LogP) is 10.0. The average molecular weight is 724 g/mol. The molecule has 0 fully saturated rings. The number of hydrogen-bond donors (Lipinski definition) is 0. The second kappa shape index (κ2) is 22.2. The topological polar surface area (TPSA) is 0 Å². The Balaban J connectivity index is 0.000000402. The summed E-state index contributed by atoms with van der Waals surface area (Å²) in [6.07, 6.45) is 19.1. The van der Waals surface area contributed by atoms with Gasteiger partial charge in [-0.15, -0.1) is 0 Å². The molecule has 1 radical (unpaired) electrons. The van der Waals surface area contributed by atoms with Gasteiger partial charge < -0.3 is 17.3 Å². The summed E-state index contributed by atoms with van der Waals surface area (Å²) in [5, 5.41) is 5.97. The molecule has 0 nitrogen and oxygen atoms in total. The first-order valence-electron chi connectivity index (χ1n) is 14.8. The summed E-state index contributed by atoms with van der Waals surface area (Å²) in [6.45, 7) is 0. The second-order valence-electron chi connectivity index (χ2n) is 9.94. The maximum Gasteiger partial charge on any atom is 2.00 e. The zero-order chi connectivity index (χ0) is 30.6. The molecule has 4 aromatic carbocycles. The van der Waals surface area contributed by atoms with Crippen LogP contribution in [0.1, 0.15) is 38.5 Å². The van der Waals surface area contributed by atoms with Crippen LogP contribution in [0.15, 0.2) is 146 Å². The second-order valence-corrected chi connectivity index (χ2v) is 14.6. The molecule has 0 heterocycles. The molecule has 8 heteroatoms. The molecule has 0 aromatic heterocycles. The van der Waals surface area contributed by atoms with Gasteiger partial charge in [0, 0.05) is 0 Å². The molecule has 5 rings (SSSR count). The smallest absolute Gasteiger partial charge is 0.418 e. The third-order valence-electron chi connectivity index (χ3n) is 6.62. The molecule has 0 saturated carbocycles. The summed E-state index contributed by atoms with van der Waals surface area (Å²) in [5.74, 6) is 0. The zero-order valence-electron chi connectivity index (χ0n) is 24.8. The van der Waals surface area contributed by atoms with Crippen molar-refractivity contribution in [2.24, 2.45) is 0 Å². The van der Waals surface area contributed by atoms with Crippen LogP contribution in [0.25, 0.3) is 0 Å². The van der Waals surface area contributed by atoms with Crippen molar-refractivity contribution in [3.63, 3.8) is 0 Å². The molecule has 0 amide bonds. The summed E-state index contributed by atoms with van der Waals surface area (Å²) in [5.41, 5.74) is 0. The van der Waals surface area contributed by atoms with Gasteiger partial charge in [-0.05, 0) is 87.9 Å². The van der Waals surface area contributed by atoms with Crippen LogP contribution in [-0.2, 0) is 19.5 Å². The first-order valence-corrected chi connectivity index (χ1v) is 17.9. The van der Waals surface area contributed by atoms with Gasteiger partial charge in [-0.3, -0.25) is 0 Å². The predicted molar refractivity (Wildman–Crippen MR) is 184 cm³/mol. The van der Waals surface area contributed by atoms with E-state index in [1.54, 1.807) is 0 Å². The molecule has 0 N–H and O–H groups in total. The third-order valence-corrected chi connectivity index (χ3v) is 11.8. The van der Waals surface area contributed by atoms with E-state index in [1.165, 1.54) is 72.1 Å². The maximum absolute atomic E-state index is 9.75. The van der Waals surface area contributed by atoms with Gasteiger partial charge in [-0.1, -0.05) is 146 Å². The first kappa shape index (κ1) is 37.8. The van der Waals surface area contributed by atoms with E-state index in [9.17, 15) is 17.3 Å². The molecule has 0 atom stereocenters. The van der Waals surface area contributed by atoms with Crippen molar-refractivity contribution in [3.8, 4) is 0 Å². The quantitative estimate of drug-likeness (QED) is 0.0531. The van der Waals surface area contributed by atoms with Gasteiger partial charge in [-0.25, -0.2) is 0 Å². The van der Waals surface area contributed by atoms with E-state index in [0.717, 1.165) is 0 Å². The number of unbranched alkanes of at least 4 members (excludes halogenated alkanes) is 1. The summed E-state index contributed by atoms with van der Waals surface area (Å²) in [6, 6.07) is 44.3. The van der Waals surface area contributed by atoms with Gasteiger partial charge >= 0.3 is 26.7 Å². The first-order chi connectivity index (χ1) is 20.9. The van der Waals surface area contributed by atoms with E-state index in [2.05, 4.69) is 146 Å². The molecule has 0 saturated heterocycles. The fraction of sp³-hybridized carbons (Fsp3) is 0.222. The molecule has 0 aliphatic heterocycles. The van der Waals surface area contributed by atoms with Crippen LogP contribution >= 0.6 is 15.8 Å². The summed E-state index contributed by atoms with van der Waals surface area (Å²) in [4.78, 5) is 0. The molecule has 44 heavy (non-hydrogen) atoms. The minimum absolute atomic E-state index is 0. The minimum Gasteiger partial charge on any atom is -0.418 e. The molecule has 0 spiro atoms. The van der Waals surface area contributed by atoms with E-state index in [1.807, 2.05) is 0 Å². The van der Waals surface area contributed by atoms with Crippen molar-refractivity contribution >= 4 is 44.3 Å². The van der Waals surface area contributed by atoms with Gasteiger partial charge in [0.15, 0.2) is 0 Å². The average Bonchev–Trinajstić information content (AvgIpc) is 3.00. The summed E-state index contributed by atoms with van der Waals surface area (Å²) >= 11 is 0. The molecule has 1 aliphatic rings. The van der Waals surface area contributed by atoms with Gasteiger partial charge in [0.2, 0.25) is 0 Å². The van der Waals surface area contributed by atoms with E-state index in [0.29, 0.717) is 0 Å². The van der Waals surface area contributed by atoms with Crippen molar-refractivity contribution in [1.82, 2.24) is 0 Å². The van der Waals surface area contributed by atoms with Crippen molar-refractivity contribution in [1.29, 1.82) is 0 Å². The maximum atomic E-state index is 9.75. The Kier molecular flexibility index (Phi) is 19.1. The number of allylic oxidation sites excluding steroid dienone is 4. The molecule has 1 aliphatic carbocycles. The Morgan fingerprint density at radius 1 is 0.409 bits per heavy atom. The normalized spacial score (nSPS) is 14.0. The van der Waals surface area contributed by atoms with Crippen molar-refractivity contribution in [2.45, 2.75) is 38.5 Å². The number of halogens is 4. The van der Waals surface area contributed by atoms with Crippen LogP contribution in [0.3, 0.4) is 0 Å². The summed E-state index contributed by atoms with van der Waals surface area (Å²) < 4.78 is 39.0.